The van der Waals surface area contributed by atoms with E-state index in [0.717, 1.165) is 63.3 Å². The third-order valence-corrected chi connectivity index (χ3v) is 12.4. The maximum Gasteiger partial charge on any atom is 0.256 e. The predicted octanol–water partition coefficient (Wildman–Crippen LogP) is 6.38. The summed E-state index contributed by atoms with van der Waals surface area (Å²) in [5.41, 5.74) is 2.15. The van der Waals surface area contributed by atoms with Gasteiger partial charge in [0.05, 0.1) is 23.4 Å². The summed E-state index contributed by atoms with van der Waals surface area (Å²) in [6.07, 6.45) is 4.52. The van der Waals surface area contributed by atoms with Crippen LogP contribution in [0.5, 0.6) is 5.75 Å². The highest BCUT2D eigenvalue weighted by molar-refractivity contribution is 9.10. The molecular formula is C41H53BrN6O3. The van der Waals surface area contributed by atoms with Crippen molar-refractivity contribution in [3.63, 3.8) is 0 Å². The van der Waals surface area contributed by atoms with E-state index in [1.807, 2.05) is 36.1 Å². The van der Waals surface area contributed by atoms with Crippen molar-refractivity contribution >= 4 is 27.7 Å². The molecule has 2 aromatic rings. The van der Waals surface area contributed by atoms with Crippen LogP contribution in [0.15, 0.2) is 34.8 Å². The summed E-state index contributed by atoms with van der Waals surface area (Å²) in [4.78, 5) is 37.7. The molecule has 0 spiro atoms. The lowest BCUT2D eigenvalue weighted by Gasteiger charge is -2.65. The van der Waals surface area contributed by atoms with Gasteiger partial charge in [-0.05, 0) is 91.7 Å². The molecule has 3 fully saturated rings. The Kier molecular flexibility index (Phi) is 10.9. The normalized spacial score (nSPS) is 26.4. The number of carbonyl (C=O) groups excluding carboxylic acids is 2. The zero-order valence-electron chi connectivity index (χ0n) is 31.3. The quantitative estimate of drug-likeness (QED) is 0.281. The Morgan fingerprint density at radius 3 is 2.45 bits per heavy atom. The van der Waals surface area contributed by atoms with Gasteiger partial charge in [0.1, 0.15) is 23.6 Å². The molecule has 1 N–H and O–H groups in total. The van der Waals surface area contributed by atoms with Gasteiger partial charge in [-0.25, -0.2) is 4.98 Å². The molecule has 1 aromatic heterocycles. The van der Waals surface area contributed by atoms with Gasteiger partial charge >= 0.3 is 0 Å². The maximum absolute atomic E-state index is 13.7. The van der Waals surface area contributed by atoms with Crippen molar-refractivity contribution in [1.29, 1.82) is 5.26 Å². The number of nitrogens with one attached hydrogen (secondary N) is 1. The van der Waals surface area contributed by atoms with Gasteiger partial charge in [-0.3, -0.25) is 19.4 Å². The van der Waals surface area contributed by atoms with Crippen LogP contribution in [-0.4, -0.2) is 87.9 Å². The summed E-state index contributed by atoms with van der Waals surface area (Å²) in [6.45, 7) is 19.9. The topological polar surface area (TPSA) is 102 Å². The first kappa shape index (κ1) is 37.3. The molecular weight excluding hydrogens is 704 g/mol. The van der Waals surface area contributed by atoms with Crippen molar-refractivity contribution in [3.05, 3.63) is 57.3 Å². The third-order valence-electron chi connectivity index (χ3n) is 11.8. The average molecular weight is 758 g/mol. The van der Waals surface area contributed by atoms with Gasteiger partial charge in [0.25, 0.3) is 5.91 Å². The summed E-state index contributed by atoms with van der Waals surface area (Å²) in [7, 11) is 0. The number of ether oxygens (including phenoxy) is 1. The summed E-state index contributed by atoms with van der Waals surface area (Å²) in [5.74, 6) is 8.07. The van der Waals surface area contributed by atoms with Gasteiger partial charge in [0.15, 0.2) is 0 Å². The van der Waals surface area contributed by atoms with E-state index in [1.165, 1.54) is 0 Å². The Morgan fingerprint density at radius 2 is 1.80 bits per heavy atom. The summed E-state index contributed by atoms with van der Waals surface area (Å²) >= 11 is 3.47. The lowest BCUT2D eigenvalue weighted by atomic mass is 9.49. The Bertz CT molecular complexity index is 1730. The number of rotatable bonds is 10. The number of aromatic nitrogens is 1. The standard InChI is InChI=1S/C41H53BrN6O3/c1-8-9-36(49)44-26(2)20-27(3)46-16-18-47(19-17-46)31-21-28(22-31)10-12-30-13-15-33-35(45-30)25-48(37(33)50)38-40(4,5)39(41(38,6)7)51-32-14-11-29(24-43)34(42)23-32/h11,13-15,23,26-28,31,38-39H,8-9,16-22,25H2,1-7H3,(H,44,49). The second-order valence-corrected chi connectivity index (χ2v) is 17.2. The second kappa shape index (κ2) is 14.9. The number of piperazine rings is 1. The molecule has 9 nitrogen and oxygen atoms in total. The molecule has 6 rings (SSSR count). The van der Waals surface area contributed by atoms with Gasteiger partial charge < -0.3 is 15.0 Å². The van der Waals surface area contributed by atoms with Crippen molar-refractivity contribution in [2.24, 2.45) is 16.7 Å². The molecule has 1 saturated heterocycles. The molecule has 2 unspecified atom stereocenters. The maximum atomic E-state index is 13.7. The van der Waals surface area contributed by atoms with E-state index in [1.54, 1.807) is 6.07 Å². The molecule has 2 aliphatic heterocycles. The summed E-state index contributed by atoms with van der Waals surface area (Å²) in [6, 6.07) is 12.6. The molecule has 2 atom stereocenters. The third kappa shape index (κ3) is 7.56. The first-order valence-corrected chi connectivity index (χ1v) is 19.5. The van der Waals surface area contributed by atoms with Crippen LogP contribution in [0.3, 0.4) is 0 Å². The Labute approximate surface area is 312 Å². The monoisotopic (exact) mass is 756 g/mol. The van der Waals surface area contributed by atoms with E-state index < -0.39 is 0 Å². The zero-order valence-corrected chi connectivity index (χ0v) is 32.8. The molecule has 10 heteroatoms. The number of halogens is 1. The van der Waals surface area contributed by atoms with E-state index >= 15 is 0 Å². The number of pyridine rings is 1. The van der Waals surface area contributed by atoms with Crippen LogP contribution < -0.4 is 10.1 Å². The molecule has 51 heavy (non-hydrogen) atoms. The van der Waals surface area contributed by atoms with E-state index in [2.05, 4.69) is 90.5 Å². The highest BCUT2D eigenvalue weighted by Gasteiger charge is 2.67. The largest absolute Gasteiger partial charge is 0.489 e. The van der Waals surface area contributed by atoms with Gasteiger partial charge in [-0.15, -0.1) is 0 Å². The molecule has 1 aromatic carbocycles. The molecule has 272 valence electrons. The fourth-order valence-corrected chi connectivity index (χ4v) is 9.96. The Balaban J connectivity index is 0.990. The summed E-state index contributed by atoms with van der Waals surface area (Å²) < 4.78 is 7.22. The minimum Gasteiger partial charge on any atom is -0.489 e. The number of carbonyl (C=O) groups is 2. The zero-order chi connectivity index (χ0) is 36.7. The molecule has 0 bridgehead atoms. The van der Waals surface area contributed by atoms with Crippen LogP contribution in [0.25, 0.3) is 0 Å². The first-order chi connectivity index (χ1) is 24.2. The Morgan fingerprint density at radius 1 is 1.10 bits per heavy atom. The number of fused-ring (bicyclic) bond motifs is 1. The van der Waals surface area contributed by atoms with E-state index in [9.17, 15) is 14.9 Å². The van der Waals surface area contributed by atoms with Gasteiger partial charge in [0, 0.05) is 78.0 Å². The highest BCUT2D eigenvalue weighted by atomic mass is 79.9. The summed E-state index contributed by atoms with van der Waals surface area (Å²) in [5, 5.41) is 12.4. The number of nitriles is 1. The minimum absolute atomic E-state index is 0.0207. The predicted molar refractivity (Wildman–Crippen MR) is 202 cm³/mol. The van der Waals surface area contributed by atoms with E-state index in [-0.39, 0.29) is 40.8 Å². The molecule has 4 aliphatic rings. The average Bonchev–Trinajstić information content (AvgIpc) is 3.36. The number of amides is 2. The van der Waals surface area contributed by atoms with Gasteiger partial charge in [-0.1, -0.05) is 40.5 Å². The molecule has 0 radical (unpaired) electrons. The van der Waals surface area contributed by atoms with Crippen LogP contribution in [0.4, 0.5) is 0 Å². The van der Waals surface area contributed by atoms with Crippen molar-refractivity contribution in [2.75, 3.05) is 26.2 Å². The highest BCUT2D eigenvalue weighted by Crippen LogP contribution is 2.59. The number of hydrogen-bond acceptors (Lipinski definition) is 7. The SMILES string of the molecule is CCCC(=O)NC(C)CC(C)N1CCN(C2CC(C#Cc3ccc4c(n3)CN(C3C(C)(C)C(Oc5ccc(C#N)c(Br)c5)C3(C)C)C4=O)C2)CC1. The van der Waals surface area contributed by atoms with Crippen molar-refractivity contribution in [2.45, 2.75) is 117 Å². The minimum atomic E-state index is -0.304. The van der Waals surface area contributed by atoms with Gasteiger partial charge in [-0.2, -0.15) is 5.26 Å². The molecule has 2 saturated carbocycles. The number of hydrogen-bond donors (Lipinski definition) is 1. The van der Waals surface area contributed by atoms with Crippen molar-refractivity contribution in [3.8, 4) is 23.7 Å². The molecule has 2 aliphatic carbocycles. The lowest BCUT2D eigenvalue weighted by molar-refractivity contribution is -0.199. The Hall–Kier alpha value is -3.44. The fourth-order valence-electron chi connectivity index (χ4n) is 9.51. The van der Waals surface area contributed by atoms with E-state index in [0.29, 0.717) is 52.3 Å². The molecule has 2 amide bonds. The van der Waals surface area contributed by atoms with Crippen LogP contribution in [-0.2, 0) is 11.3 Å². The van der Waals surface area contributed by atoms with E-state index in [4.69, 9.17) is 9.72 Å². The van der Waals surface area contributed by atoms with Crippen LogP contribution in [0, 0.1) is 39.9 Å². The van der Waals surface area contributed by atoms with Crippen molar-refractivity contribution < 1.29 is 14.3 Å². The van der Waals surface area contributed by atoms with Crippen LogP contribution in [0.2, 0.25) is 0 Å². The smallest absolute Gasteiger partial charge is 0.256 e. The van der Waals surface area contributed by atoms with Crippen LogP contribution in [0.1, 0.15) is 108 Å². The lowest BCUT2D eigenvalue weighted by Crippen LogP contribution is -2.74. The molecule has 3 heterocycles. The van der Waals surface area contributed by atoms with Crippen LogP contribution >= 0.6 is 15.9 Å². The number of benzene rings is 1. The van der Waals surface area contributed by atoms with Crippen molar-refractivity contribution in [1.82, 2.24) is 25.0 Å². The number of nitrogens with zero attached hydrogens (tertiary/aromatic N) is 5. The fraction of sp³-hybridized carbons (Fsp3) is 0.610. The van der Waals surface area contributed by atoms with Gasteiger partial charge in [0.2, 0.25) is 5.91 Å². The second-order valence-electron chi connectivity index (χ2n) is 16.4. The first-order valence-electron chi connectivity index (χ1n) is 18.7.